The van der Waals surface area contributed by atoms with Gasteiger partial charge in [0.05, 0.1) is 6.10 Å². The molecule has 2 nitrogen and oxygen atoms in total. The average molecular weight is 431 g/mol. The van der Waals surface area contributed by atoms with Crippen molar-refractivity contribution in [1.82, 2.24) is 0 Å². The Morgan fingerprint density at radius 1 is 0.750 bits per heavy atom. The zero-order chi connectivity index (χ0) is 20.9. The Morgan fingerprint density at radius 3 is 1.54 bits per heavy atom. The van der Waals surface area contributed by atoms with Gasteiger partial charge in [0.25, 0.3) is 0 Å². The number of thiol groups is 1. The van der Waals surface area contributed by atoms with Gasteiger partial charge in [-0.15, -0.1) is 12.6 Å². The molecule has 0 fully saturated rings. The quantitative estimate of drug-likeness (QED) is 0.112. The standard InChI is InChI=1S/C24H46O2S2/c1-3-4-5-6-7-8-9-10-11-12-13-14-15-16-17-18-19-22(2)26-24(28)21-20-23(25)27/h22H,3-21H2,1-2H3,(H,25,27). The van der Waals surface area contributed by atoms with Crippen LogP contribution in [0, 0.1) is 0 Å². The molecule has 1 atom stereocenters. The number of hydrogen-bond donors (Lipinski definition) is 1. The second kappa shape index (κ2) is 21.6. The molecule has 0 saturated heterocycles. The molecular formula is C24H46O2S2. The molecule has 0 aromatic heterocycles. The third kappa shape index (κ3) is 22.2. The maximum atomic E-state index is 10.8. The van der Waals surface area contributed by atoms with Gasteiger partial charge in [0.1, 0.15) is 0 Å². The smallest absolute Gasteiger partial charge is 0.186 e. The number of ether oxygens (including phenoxy) is 1. The van der Waals surface area contributed by atoms with Crippen LogP contribution in [0.2, 0.25) is 0 Å². The Bertz CT molecular complexity index is 372. The Morgan fingerprint density at radius 2 is 1.14 bits per heavy atom. The Labute approximate surface area is 186 Å². The molecule has 28 heavy (non-hydrogen) atoms. The molecular weight excluding hydrogens is 384 g/mol. The summed E-state index contributed by atoms with van der Waals surface area (Å²) < 4.78 is 5.67. The number of carbonyl (C=O) groups excluding carboxylic acids is 1. The minimum Gasteiger partial charge on any atom is -0.484 e. The topological polar surface area (TPSA) is 26.3 Å². The van der Waals surface area contributed by atoms with E-state index in [-0.39, 0.29) is 11.2 Å². The number of thiocarbonyl (C=S) groups is 1. The van der Waals surface area contributed by atoms with E-state index >= 15 is 0 Å². The van der Waals surface area contributed by atoms with Gasteiger partial charge in [-0.2, -0.15) is 0 Å². The summed E-state index contributed by atoms with van der Waals surface area (Å²) >= 11 is 8.91. The molecule has 0 spiro atoms. The fourth-order valence-corrected chi connectivity index (χ4v) is 3.91. The monoisotopic (exact) mass is 430 g/mol. The van der Waals surface area contributed by atoms with E-state index in [0.717, 1.165) is 6.42 Å². The van der Waals surface area contributed by atoms with Crippen LogP contribution in [0.25, 0.3) is 0 Å². The summed E-state index contributed by atoms with van der Waals surface area (Å²) in [5.41, 5.74) is 0. The number of carbonyl (C=O) groups is 1. The Balaban J connectivity index is 3.22. The lowest BCUT2D eigenvalue weighted by Gasteiger charge is -2.14. The van der Waals surface area contributed by atoms with E-state index < -0.39 is 0 Å². The second-order valence-electron chi connectivity index (χ2n) is 8.29. The van der Waals surface area contributed by atoms with E-state index in [9.17, 15) is 4.79 Å². The molecule has 0 aliphatic heterocycles. The lowest BCUT2D eigenvalue weighted by atomic mass is 10.0. The maximum Gasteiger partial charge on any atom is 0.186 e. The van der Waals surface area contributed by atoms with Crippen molar-refractivity contribution in [2.45, 2.75) is 142 Å². The molecule has 166 valence electrons. The first-order valence-electron chi connectivity index (χ1n) is 12.0. The summed E-state index contributed by atoms with van der Waals surface area (Å²) in [5.74, 6) is 0. The Hall–Kier alpha value is -0.0900. The van der Waals surface area contributed by atoms with E-state index in [4.69, 9.17) is 17.0 Å². The highest BCUT2D eigenvalue weighted by molar-refractivity contribution is 7.96. The van der Waals surface area contributed by atoms with Crippen LogP contribution in [0.3, 0.4) is 0 Å². The fourth-order valence-electron chi connectivity index (χ4n) is 3.53. The minimum atomic E-state index is -0.128. The lowest BCUT2D eigenvalue weighted by Crippen LogP contribution is -2.13. The van der Waals surface area contributed by atoms with Crippen molar-refractivity contribution in [3.63, 3.8) is 0 Å². The van der Waals surface area contributed by atoms with Crippen LogP contribution in [-0.4, -0.2) is 16.3 Å². The number of hydrogen-bond acceptors (Lipinski definition) is 3. The minimum absolute atomic E-state index is 0.128. The van der Waals surface area contributed by atoms with Gasteiger partial charge in [0.15, 0.2) is 10.2 Å². The predicted molar refractivity (Wildman–Crippen MR) is 131 cm³/mol. The van der Waals surface area contributed by atoms with Crippen LogP contribution in [0.5, 0.6) is 0 Å². The van der Waals surface area contributed by atoms with Crippen molar-refractivity contribution in [1.29, 1.82) is 0 Å². The first kappa shape index (κ1) is 27.9. The molecule has 0 rings (SSSR count). The molecule has 0 amide bonds. The lowest BCUT2D eigenvalue weighted by molar-refractivity contribution is -0.110. The molecule has 4 heteroatoms. The van der Waals surface area contributed by atoms with E-state index in [1.165, 1.54) is 103 Å². The zero-order valence-electron chi connectivity index (χ0n) is 18.7. The molecule has 0 radical (unpaired) electrons. The largest absolute Gasteiger partial charge is 0.484 e. The van der Waals surface area contributed by atoms with Crippen LogP contribution in [0.1, 0.15) is 136 Å². The van der Waals surface area contributed by atoms with Crippen molar-refractivity contribution in [3.05, 3.63) is 0 Å². The van der Waals surface area contributed by atoms with Crippen LogP contribution in [-0.2, 0) is 9.53 Å². The van der Waals surface area contributed by atoms with Gasteiger partial charge in [0, 0.05) is 12.8 Å². The predicted octanol–water partition coefficient (Wildman–Crippen LogP) is 8.61. The molecule has 0 saturated carbocycles. The number of unbranched alkanes of at least 4 members (excludes halogenated alkanes) is 15. The number of rotatable bonds is 21. The molecule has 0 aliphatic carbocycles. The van der Waals surface area contributed by atoms with E-state index in [1.807, 2.05) is 0 Å². The van der Waals surface area contributed by atoms with Gasteiger partial charge >= 0.3 is 0 Å². The van der Waals surface area contributed by atoms with Crippen molar-refractivity contribution in [2.75, 3.05) is 0 Å². The molecule has 0 heterocycles. The van der Waals surface area contributed by atoms with Crippen molar-refractivity contribution >= 4 is 35.0 Å². The molecule has 0 aromatic rings. The zero-order valence-corrected chi connectivity index (χ0v) is 20.4. The van der Waals surface area contributed by atoms with Crippen LogP contribution >= 0.6 is 24.8 Å². The van der Waals surface area contributed by atoms with Gasteiger partial charge in [-0.25, -0.2) is 0 Å². The SMILES string of the molecule is CCCCCCCCCCCCCCCCCCC(C)OC(=S)CCC(=O)S. The van der Waals surface area contributed by atoms with Crippen molar-refractivity contribution in [3.8, 4) is 0 Å². The molecule has 1 unspecified atom stereocenters. The summed E-state index contributed by atoms with van der Waals surface area (Å²) in [7, 11) is 0. The van der Waals surface area contributed by atoms with Crippen molar-refractivity contribution < 1.29 is 9.53 Å². The van der Waals surface area contributed by atoms with Crippen LogP contribution in [0.4, 0.5) is 0 Å². The van der Waals surface area contributed by atoms with E-state index in [1.54, 1.807) is 0 Å². The maximum absolute atomic E-state index is 10.8. The molecule has 0 aromatic carbocycles. The third-order valence-corrected chi connectivity index (χ3v) is 5.86. The highest BCUT2D eigenvalue weighted by Gasteiger charge is 2.07. The molecule has 0 bridgehead atoms. The Kier molecular flexibility index (Phi) is 21.5. The van der Waals surface area contributed by atoms with Gasteiger partial charge < -0.3 is 4.74 Å². The molecule has 0 N–H and O–H groups in total. The van der Waals surface area contributed by atoms with E-state index in [2.05, 4.69) is 26.5 Å². The van der Waals surface area contributed by atoms with Gasteiger partial charge in [-0.1, -0.05) is 103 Å². The first-order chi connectivity index (χ1) is 13.6. The summed E-state index contributed by atoms with van der Waals surface area (Å²) in [4.78, 5) is 10.8. The summed E-state index contributed by atoms with van der Waals surface area (Å²) in [6, 6.07) is 0. The summed E-state index contributed by atoms with van der Waals surface area (Å²) in [5, 5.41) is 0.419. The molecule has 0 aliphatic rings. The van der Waals surface area contributed by atoms with Gasteiger partial charge in [0.2, 0.25) is 0 Å². The summed E-state index contributed by atoms with van der Waals surface area (Å²) in [6.45, 7) is 4.35. The van der Waals surface area contributed by atoms with Crippen LogP contribution < -0.4 is 0 Å². The highest BCUT2D eigenvalue weighted by Crippen LogP contribution is 2.15. The average Bonchev–Trinajstić information content (AvgIpc) is 2.66. The normalized spacial score (nSPS) is 12.1. The summed E-state index contributed by atoms with van der Waals surface area (Å²) in [6.07, 6.45) is 24.4. The van der Waals surface area contributed by atoms with Gasteiger partial charge in [-0.05, 0) is 32.0 Å². The van der Waals surface area contributed by atoms with Gasteiger partial charge in [-0.3, -0.25) is 4.79 Å². The van der Waals surface area contributed by atoms with Crippen LogP contribution in [0.15, 0.2) is 0 Å². The highest BCUT2D eigenvalue weighted by atomic mass is 32.1. The second-order valence-corrected chi connectivity index (χ2v) is 9.24. The van der Waals surface area contributed by atoms with E-state index in [0.29, 0.717) is 17.9 Å². The third-order valence-electron chi connectivity index (χ3n) is 5.34. The first-order valence-corrected chi connectivity index (χ1v) is 12.8. The fraction of sp³-hybridized carbons (Fsp3) is 0.917. The van der Waals surface area contributed by atoms with Crippen molar-refractivity contribution in [2.24, 2.45) is 0 Å².